The van der Waals surface area contributed by atoms with E-state index in [-0.39, 0.29) is 11.3 Å². The van der Waals surface area contributed by atoms with Crippen LogP contribution in [0.1, 0.15) is 18.5 Å². The molecule has 0 spiro atoms. The van der Waals surface area contributed by atoms with Crippen LogP contribution >= 0.6 is 0 Å². The van der Waals surface area contributed by atoms with Crippen LogP contribution in [0.25, 0.3) is 0 Å². The van der Waals surface area contributed by atoms with Gasteiger partial charge in [-0.3, -0.25) is 0 Å². The smallest absolute Gasteiger partial charge is 0.422 e. The Morgan fingerprint density at radius 2 is 2.00 bits per heavy atom. The van der Waals surface area contributed by atoms with E-state index in [4.69, 9.17) is 5.73 Å². The lowest BCUT2D eigenvalue weighted by molar-refractivity contribution is -0.153. The van der Waals surface area contributed by atoms with Gasteiger partial charge in [-0.05, 0) is 13.0 Å². The predicted octanol–water partition coefficient (Wildman–Crippen LogP) is 2.79. The molecule has 0 aliphatic carbocycles. The van der Waals surface area contributed by atoms with Gasteiger partial charge >= 0.3 is 6.18 Å². The molecule has 2 N–H and O–H groups in total. The van der Waals surface area contributed by atoms with Crippen molar-refractivity contribution >= 4 is 0 Å². The largest absolute Gasteiger partial charge is 0.484 e. The first-order valence-electron chi connectivity index (χ1n) is 4.54. The summed E-state index contributed by atoms with van der Waals surface area (Å²) in [6.45, 7) is 0.138. The van der Waals surface area contributed by atoms with E-state index in [9.17, 15) is 17.6 Å². The van der Waals surface area contributed by atoms with E-state index in [0.29, 0.717) is 0 Å². The number of ether oxygens (including phenoxy) is 1. The molecule has 0 aromatic heterocycles. The predicted molar refractivity (Wildman–Crippen MR) is 50.6 cm³/mol. The lowest BCUT2D eigenvalue weighted by Crippen LogP contribution is -2.19. The highest BCUT2D eigenvalue weighted by atomic mass is 19.4. The minimum absolute atomic E-state index is 0.167. The number of nitrogens with two attached hydrogens (primary N) is 1. The highest BCUT2D eigenvalue weighted by molar-refractivity contribution is 5.30. The standard InChI is InChI=1S/C10H11F4NO/c1-6(15)8-3-2-7(4-9(8)11)16-5-10(12,13)14/h2-4,6H,5,15H2,1H3/t6-/m0/s1. The molecule has 0 amide bonds. The third-order valence-corrected chi connectivity index (χ3v) is 1.86. The van der Waals surface area contributed by atoms with Gasteiger partial charge in [-0.1, -0.05) is 6.07 Å². The van der Waals surface area contributed by atoms with Gasteiger partial charge in [0.1, 0.15) is 11.6 Å². The molecule has 0 saturated carbocycles. The molecule has 0 aliphatic heterocycles. The average Bonchev–Trinajstić information content (AvgIpc) is 2.13. The van der Waals surface area contributed by atoms with Crippen LogP contribution in [0.15, 0.2) is 18.2 Å². The Hall–Kier alpha value is -1.30. The molecule has 0 saturated heterocycles. The molecule has 0 unspecified atom stereocenters. The Balaban J connectivity index is 2.74. The summed E-state index contributed by atoms with van der Waals surface area (Å²) >= 11 is 0. The van der Waals surface area contributed by atoms with Crippen molar-refractivity contribution in [2.75, 3.05) is 6.61 Å². The molecule has 0 aliphatic rings. The van der Waals surface area contributed by atoms with Gasteiger partial charge in [-0.2, -0.15) is 13.2 Å². The molecule has 90 valence electrons. The fourth-order valence-corrected chi connectivity index (χ4v) is 1.13. The van der Waals surface area contributed by atoms with Gasteiger partial charge in [0.2, 0.25) is 0 Å². The lowest BCUT2D eigenvalue weighted by atomic mass is 10.1. The molecule has 2 nitrogen and oxygen atoms in total. The molecule has 0 radical (unpaired) electrons. The van der Waals surface area contributed by atoms with Crippen molar-refractivity contribution < 1.29 is 22.3 Å². The van der Waals surface area contributed by atoms with Crippen LogP contribution in [0.5, 0.6) is 5.75 Å². The zero-order valence-electron chi connectivity index (χ0n) is 8.51. The molecule has 0 fully saturated rings. The number of hydrogen-bond acceptors (Lipinski definition) is 2. The van der Waals surface area contributed by atoms with Crippen molar-refractivity contribution in [3.05, 3.63) is 29.6 Å². The Labute approximate surface area is 90.0 Å². The normalized spacial score (nSPS) is 13.6. The average molecular weight is 237 g/mol. The summed E-state index contributed by atoms with van der Waals surface area (Å²) in [5, 5.41) is 0. The molecule has 0 bridgehead atoms. The van der Waals surface area contributed by atoms with Crippen LogP contribution < -0.4 is 10.5 Å². The molecular weight excluding hydrogens is 226 g/mol. The minimum atomic E-state index is -4.43. The van der Waals surface area contributed by atoms with E-state index in [1.54, 1.807) is 6.92 Å². The van der Waals surface area contributed by atoms with Crippen LogP contribution in [0, 0.1) is 5.82 Å². The molecule has 1 aromatic rings. The van der Waals surface area contributed by atoms with Gasteiger partial charge in [-0.25, -0.2) is 4.39 Å². The molecule has 1 rings (SSSR count). The van der Waals surface area contributed by atoms with Gasteiger partial charge in [-0.15, -0.1) is 0 Å². The Morgan fingerprint density at radius 3 is 2.44 bits per heavy atom. The minimum Gasteiger partial charge on any atom is -0.484 e. The SMILES string of the molecule is C[C@H](N)c1ccc(OCC(F)(F)F)cc1F. The van der Waals surface area contributed by atoms with Gasteiger partial charge in [0.05, 0.1) is 0 Å². The second-order valence-corrected chi connectivity index (χ2v) is 3.38. The summed E-state index contributed by atoms with van der Waals surface area (Å²) in [6, 6.07) is 2.94. The van der Waals surface area contributed by atoms with Gasteiger partial charge in [0, 0.05) is 17.7 Å². The summed E-state index contributed by atoms with van der Waals surface area (Å²) < 4.78 is 53.1. The highest BCUT2D eigenvalue weighted by Crippen LogP contribution is 2.22. The zero-order valence-corrected chi connectivity index (χ0v) is 8.51. The third kappa shape index (κ3) is 3.69. The third-order valence-electron chi connectivity index (χ3n) is 1.86. The van der Waals surface area contributed by atoms with Crippen LogP contribution in [0.3, 0.4) is 0 Å². The molecular formula is C10H11F4NO. The maximum Gasteiger partial charge on any atom is 0.422 e. The maximum absolute atomic E-state index is 13.3. The summed E-state index contributed by atoms with van der Waals surface area (Å²) in [6.07, 6.45) is -4.43. The topological polar surface area (TPSA) is 35.2 Å². The quantitative estimate of drug-likeness (QED) is 0.820. The number of halogens is 4. The van der Waals surface area contributed by atoms with Crippen molar-refractivity contribution in [1.82, 2.24) is 0 Å². The van der Waals surface area contributed by atoms with Crippen molar-refractivity contribution in [2.45, 2.75) is 19.1 Å². The second-order valence-electron chi connectivity index (χ2n) is 3.38. The fourth-order valence-electron chi connectivity index (χ4n) is 1.13. The molecule has 1 aromatic carbocycles. The van der Waals surface area contributed by atoms with Crippen molar-refractivity contribution in [1.29, 1.82) is 0 Å². The van der Waals surface area contributed by atoms with Gasteiger partial charge in [0.15, 0.2) is 6.61 Å². The lowest BCUT2D eigenvalue weighted by Gasteiger charge is -2.11. The fraction of sp³-hybridized carbons (Fsp3) is 0.400. The first kappa shape index (κ1) is 12.8. The van der Waals surface area contributed by atoms with Crippen molar-refractivity contribution in [2.24, 2.45) is 5.73 Å². The molecule has 0 heterocycles. The van der Waals surface area contributed by atoms with Crippen LogP contribution in [0.2, 0.25) is 0 Å². The Kier molecular flexibility index (Phi) is 3.74. The number of rotatable bonds is 3. The molecule has 1 atom stereocenters. The van der Waals surface area contributed by atoms with Gasteiger partial charge in [0.25, 0.3) is 0 Å². The second kappa shape index (κ2) is 4.69. The van der Waals surface area contributed by atoms with Crippen molar-refractivity contribution in [3.63, 3.8) is 0 Å². The van der Waals surface area contributed by atoms with E-state index in [1.165, 1.54) is 12.1 Å². The molecule has 6 heteroatoms. The van der Waals surface area contributed by atoms with E-state index < -0.39 is 24.6 Å². The first-order valence-corrected chi connectivity index (χ1v) is 4.54. The summed E-state index contributed by atoms with van der Waals surface area (Å²) in [5.74, 6) is -0.839. The summed E-state index contributed by atoms with van der Waals surface area (Å²) in [7, 11) is 0. The Bertz CT molecular complexity index is 362. The highest BCUT2D eigenvalue weighted by Gasteiger charge is 2.28. The maximum atomic E-state index is 13.3. The number of benzene rings is 1. The van der Waals surface area contributed by atoms with Gasteiger partial charge < -0.3 is 10.5 Å². The van der Waals surface area contributed by atoms with E-state index in [2.05, 4.69) is 4.74 Å². The number of hydrogen-bond donors (Lipinski definition) is 1. The van der Waals surface area contributed by atoms with Crippen molar-refractivity contribution in [3.8, 4) is 5.75 Å². The summed E-state index contributed by atoms with van der Waals surface area (Å²) in [4.78, 5) is 0. The first-order chi connectivity index (χ1) is 7.29. The van der Waals surface area contributed by atoms with E-state index in [1.807, 2.05) is 0 Å². The number of alkyl halides is 3. The molecule has 16 heavy (non-hydrogen) atoms. The van der Waals surface area contributed by atoms with E-state index >= 15 is 0 Å². The zero-order chi connectivity index (χ0) is 12.3. The van der Waals surface area contributed by atoms with Crippen LogP contribution in [0.4, 0.5) is 17.6 Å². The monoisotopic (exact) mass is 237 g/mol. The van der Waals surface area contributed by atoms with Crippen LogP contribution in [-0.4, -0.2) is 12.8 Å². The Morgan fingerprint density at radius 1 is 1.38 bits per heavy atom. The summed E-state index contributed by atoms with van der Waals surface area (Å²) in [5.41, 5.74) is 5.68. The van der Waals surface area contributed by atoms with E-state index in [0.717, 1.165) is 6.07 Å². The van der Waals surface area contributed by atoms with Crippen LogP contribution in [-0.2, 0) is 0 Å².